The first-order chi connectivity index (χ1) is 7.49. The fourth-order valence-corrected chi connectivity index (χ4v) is 1.60. The Bertz CT molecular complexity index is 511. The highest BCUT2D eigenvalue weighted by Gasteiger charge is 2.12. The highest BCUT2D eigenvalue weighted by molar-refractivity contribution is 5.43. The fraction of sp³-hybridized carbons (Fsp3) is 0.583. The Kier molecular flexibility index (Phi) is 2.66. The van der Waals surface area contributed by atoms with Gasteiger partial charge >= 0.3 is 0 Å². The normalized spacial score (nSPS) is 11.9. The van der Waals surface area contributed by atoms with E-state index in [9.17, 15) is 0 Å². The van der Waals surface area contributed by atoms with Gasteiger partial charge in [-0.1, -0.05) is 27.7 Å². The van der Waals surface area contributed by atoms with E-state index in [1.165, 1.54) is 0 Å². The molecule has 0 bridgehead atoms. The van der Waals surface area contributed by atoms with E-state index in [0.717, 1.165) is 22.9 Å². The summed E-state index contributed by atoms with van der Waals surface area (Å²) in [6.45, 7) is 10.4. The summed E-state index contributed by atoms with van der Waals surface area (Å²) in [5, 5.41) is 4.48. The summed E-state index contributed by atoms with van der Waals surface area (Å²) in [5.74, 6) is 1.64. The summed E-state index contributed by atoms with van der Waals surface area (Å²) >= 11 is 0. The van der Waals surface area contributed by atoms with Crippen LogP contribution in [0.5, 0.6) is 0 Å². The summed E-state index contributed by atoms with van der Waals surface area (Å²) in [4.78, 5) is 9.05. The summed E-state index contributed by atoms with van der Waals surface area (Å²) < 4.78 is 1.85. The molecule has 0 saturated carbocycles. The van der Waals surface area contributed by atoms with Gasteiger partial charge in [0.1, 0.15) is 0 Å². The minimum atomic E-state index is 0.349. The average Bonchev–Trinajstić information content (AvgIpc) is 2.61. The molecule has 0 fully saturated rings. The van der Waals surface area contributed by atoms with Gasteiger partial charge in [0.2, 0.25) is 0 Å². The Labute approximate surface area is 95.7 Å². The smallest absolute Gasteiger partial charge is 0.176 e. The van der Waals surface area contributed by atoms with E-state index in [1.54, 1.807) is 0 Å². The van der Waals surface area contributed by atoms with Crippen LogP contribution in [0.1, 0.15) is 56.7 Å². The molecular weight excluding hydrogens is 200 g/mol. The first-order valence-corrected chi connectivity index (χ1v) is 5.73. The Morgan fingerprint density at radius 3 is 2.31 bits per heavy atom. The van der Waals surface area contributed by atoms with Gasteiger partial charge in [-0.05, 0) is 12.8 Å². The highest BCUT2D eigenvalue weighted by atomic mass is 15.3. The number of hydrogen-bond donors (Lipinski definition) is 0. The molecule has 2 aromatic heterocycles. The maximum absolute atomic E-state index is 4.55. The fourth-order valence-electron chi connectivity index (χ4n) is 1.60. The van der Waals surface area contributed by atoms with Crippen LogP contribution in [0.4, 0.5) is 0 Å². The maximum atomic E-state index is 4.55. The Morgan fingerprint density at radius 1 is 1.06 bits per heavy atom. The Balaban J connectivity index is 2.63. The summed E-state index contributed by atoms with van der Waals surface area (Å²) in [5.41, 5.74) is 2.88. The molecule has 0 amide bonds. The van der Waals surface area contributed by atoms with Crippen molar-refractivity contribution in [2.45, 2.75) is 46.5 Å². The Morgan fingerprint density at radius 2 is 1.75 bits per heavy atom. The first-order valence-electron chi connectivity index (χ1n) is 5.73. The summed E-state index contributed by atoms with van der Waals surface area (Å²) in [7, 11) is 0. The molecule has 86 valence electrons. The molecule has 2 heterocycles. The second-order valence-corrected chi connectivity index (χ2v) is 4.80. The van der Waals surface area contributed by atoms with Crippen molar-refractivity contribution >= 4 is 5.65 Å². The second-order valence-electron chi connectivity index (χ2n) is 4.80. The van der Waals surface area contributed by atoms with Crippen molar-refractivity contribution in [2.24, 2.45) is 0 Å². The number of aromatic nitrogens is 4. The third kappa shape index (κ3) is 1.79. The molecule has 0 spiro atoms. The van der Waals surface area contributed by atoms with Crippen molar-refractivity contribution in [1.82, 2.24) is 19.6 Å². The van der Waals surface area contributed by atoms with Crippen molar-refractivity contribution in [2.75, 3.05) is 0 Å². The maximum Gasteiger partial charge on any atom is 0.176 e. The molecule has 0 N–H and O–H groups in total. The van der Waals surface area contributed by atoms with Crippen LogP contribution in [0.15, 0.2) is 6.20 Å². The van der Waals surface area contributed by atoms with Crippen LogP contribution in [0, 0.1) is 6.92 Å². The minimum Gasteiger partial charge on any atom is -0.252 e. The average molecular weight is 218 g/mol. The van der Waals surface area contributed by atoms with Crippen LogP contribution in [-0.2, 0) is 0 Å². The van der Waals surface area contributed by atoms with Gasteiger partial charge in [0.05, 0.1) is 17.6 Å². The van der Waals surface area contributed by atoms with E-state index in [1.807, 2.05) is 17.6 Å². The van der Waals surface area contributed by atoms with Crippen LogP contribution in [0.3, 0.4) is 0 Å². The minimum absolute atomic E-state index is 0.349. The van der Waals surface area contributed by atoms with Gasteiger partial charge < -0.3 is 0 Å². The molecule has 0 saturated heterocycles. The monoisotopic (exact) mass is 218 g/mol. The van der Waals surface area contributed by atoms with Gasteiger partial charge in [-0.3, -0.25) is 4.98 Å². The molecule has 0 unspecified atom stereocenters. The topological polar surface area (TPSA) is 43.1 Å². The molecule has 2 rings (SSSR count). The predicted octanol–water partition coefficient (Wildman–Crippen LogP) is 2.68. The van der Waals surface area contributed by atoms with E-state index in [-0.39, 0.29) is 0 Å². The van der Waals surface area contributed by atoms with Gasteiger partial charge in [-0.2, -0.15) is 5.10 Å². The zero-order valence-corrected chi connectivity index (χ0v) is 10.5. The molecule has 0 aliphatic heterocycles. The summed E-state index contributed by atoms with van der Waals surface area (Å²) in [6, 6.07) is 0. The van der Waals surface area contributed by atoms with Gasteiger partial charge in [-0.25, -0.2) is 9.50 Å². The quantitative estimate of drug-likeness (QED) is 0.778. The largest absolute Gasteiger partial charge is 0.252 e. The number of nitrogens with zero attached hydrogens (tertiary/aromatic N) is 4. The number of fused-ring (bicyclic) bond motifs is 1. The second kappa shape index (κ2) is 3.85. The number of hydrogen-bond acceptors (Lipinski definition) is 3. The van der Waals surface area contributed by atoms with Gasteiger partial charge in [0.25, 0.3) is 0 Å². The number of aryl methyl sites for hydroxylation is 1. The molecule has 2 aromatic rings. The molecule has 4 nitrogen and oxygen atoms in total. The van der Waals surface area contributed by atoms with Crippen LogP contribution in [0.25, 0.3) is 5.65 Å². The van der Waals surface area contributed by atoms with Crippen LogP contribution < -0.4 is 0 Å². The molecule has 16 heavy (non-hydrogen) atoms. The molecule has 0 atom stereocenters. The molecule has 0 aliphatic rings. The van der Waals surface area contributed by atoms with E-state index in [2.05, 4.69) is 42.8 Å². The SMILES string of the molecule is Cc1nc(C(C)C)cn2nc(C(C)C)nc12. The standard InChI is InChI=1S/C12H18N4/c1-7(2)10-6-16-12(9(5)13-10)14-11(15-16)8(3)4/h6-8H,1-5H3. The lowest BCUT2D eigenvalue weighted by atomic mass is 10.1. The lowest BCUT2D eigenvalue weighted by Gasteiger charge is -2.05. The summed E-state index contributed by atoms with van der Waals surface area (Å²) in [6.07, 6.45) is 1.98. The zero-order chi connectivity index (χ0) is 11.9. The van der Waals surface area contributed by atoms with Crippen LogP contribution in [-0.4, -0.2) is 19.6 Å². The molecule has 4 heteroatoms. The Hall–Kier alpha value is -1.45. The van der Waals surface area contributed by atoms with Crippen molar-refractivity contribution in [3.63, 3.8) is 0 Å². The van der Waals surface area contributed by atoms with Crippen molar-refractivity contribution in [3.8, 4) is 0 Å². The van der Waals surface area contributed by atoms with Crippen LogP contribution >= 0.6 is 0 Å². The molecule has 0 aliphatic carbocycles. The van der Waals surface area contributed by atoms with Crippen LogP contribution in [0.2, 0.25) is 0 Å². The van der Waals surface area contributed by atoms with Crippen molar-refractivity contribution in [3.05, 3.63) is 23.4 Å². The highest BCUT2D eigenvalue weighted by Crippen LogP contribution is 2.16. The molecule has 0 aromatic carbocycles. The molecular formula is C12H18N4. The molecule has 0 radical (unpaired) electrons. The predicted molar refractivity (Wildman–Crippen MR) is 63.7 cm³/mol. The third-order valence-electron chi connectivity index (χ3n) is 2.63. The van der Waals surface area contributed by atoms with E-state index in [0.29, 0.717) is 11.8 Å². The first kappa shape index (κ1) is 11.0. The lowest BCUT2D eigenvalue weighted by Crippen LogP contribution is -2.01. The van der Waals surface area contributed by atoms with Gasteiger partial charge in [0.15, 0.2) is 11.5 Å². The van der Waals surface area contributed by atoms with E-state index in [4.69, 9.17) is 0 Å². The lowest BCUT2D eigenvalue weighted by molar-refractivity contribution is 0.750. The zero-order valence-electron chi connectivity index (χ0n) is 10.5. The van der Waals surface area contributed by atoms with Gasteiger partial charge in [0, 0.05) is 5.92 Å². The van der Waals surface area contributed by atoms with Gasteiger partial charge in [-0.15, -0.1) is 0 Å². The third-order valence-corrected chi connectivity index (χ3v) is 2.63. The van der Waals surface area contributed by atoms with Crippen molar-refractivity contribution in [1.29, 1.82) is 0 Å². The van der Waals surface area contributed by atoms with E-state index >= 15 is 0 Å². The van der Waals surface area contributed by atoms with Crippen molar-refractivity contribution < 1.29 is 0 Å². The van der Waals surface area contributed by atoms with E-state index < -0.39 is 0 Å². The number of rotatable bonds is 2.